The van der Waals surface area contributed by atoms with Crippen LogP contribution in [0.25, 0.3) is 10.8 Å². The van der Waals surface area contributed by atoms with Crippen molar-refractivity contribution in [3.05, 3.63) is 71.8 Å². The third-order valence-corrected chi connectivity index (χ3v) is 5.41. The van der Waals surface area contributed by atoms with Crippen molar-refractivity contribution < 1.29 is 13.2 Å². The molecule has 3 aromatic rings. The smallest absolute Gasteiger partial charge is 0.209 e. The predicted molar refractivity (Wildman–Crippen MR) is 104 cm³/mol. The van der Waals surface area contributed by atoms with E-state index in [0.717, 1.165) is 33.3 Å². The van der Waals surface area contributed by atoms with Gasteiger partial charge in [0.25, 0.3) is 0 Å². The molecule has 134 valence electrons. The molecule has 2 atom stereocenters. The lowest BCUT2D eigenvalue weighted by molar-refractivity contribution is 0.415. The van der Waals surface area contributed by atoms with E-state index in [0.29, 0.717) is 0 Å². The van der Waals surface area contributed by atoms with E-state index in [1.807, 2.05) is 42.5 Å². The van der Waals surface area contributed by atoms with Crippen molar-refractivity contribution >= 4 is 26.5 Å². The molecule has 4 rings (SSSR count). The van der Waals surface area contributed by atoms with Gasteiger partial charge in [-0.25, -0.2) is 13.1 Å². The number of hydrogen-bond acceptors (Lipinski definition) is 4. The first-order valence-electron chi connectivity index (χ1n) is 8.36. The molecular formula is C20H20N2O3S. The second kappa shape index (κ2) is 6.30. The standard InChI is InChI=1S/C20H20N2O3S/c1-25-15-11-9-14(10-12-15)21-19-16-7-3-5-13-6-4-8-17(18(13)16)20(19)22-26(2,23)24/h3-12,19-22H,1-2H3/t19-,20-/m1/s1. The first kappa shape index (κ1) is 16.9. The van der Waals surface area contributed by atoms with E-state index in [-0.39, 0.29) is 12.1 Å². The molecule has 0 spiro atoms. The summed E-state index contributed by atoms with van der Waals surface area (Å²) < 4.78 is 32.0. The molecule has 6 heteroatoms. The Bertz CT molecular complexity index is 1060. The number of methoxy groups -OCH3 is 1. The molecule has 0 fully saturated rings. The number of sulfonamides is 1. The van der Waals surface area contributed by atoms with E-state index in [1.165, 1.54) is 6.26 Å². The van der Waals surface area contributed by atoms with Crippen LogP contribution in [-0.4, -0.2) is 21.8 Å². The molecule has 0 heterocycles. The molecule has 0 bridgehead atoms. The summed E-state index contributed by atoms with van der Waals surface area (Å²) in [6, 6.07) is 19.2. The Balaban J connectivity index is 1.79. The highest BCUT2D eigenvalue weighted by atomic mass is 32.2. The normalized spacial score (nSPS) is 18.8. The lowest BCUT2D eigenvalue weighted by Crippen LogP contribution is -2.32. The average Bonchev–Trinajstić information content (AvgIpc) is 2.90. The number of benzene rings is 3. The van der Waals surface area contributed by atoms with Gasteiger partial charge in [-0.1, -0.05) is 36.4 Å². The fourth-order valence-electron chi connectivity index (χ4n) is 3.67. The van der Waals surface area contributed by atoms with Gasteiger partial charge < -0.3 is 10.1 Å². The first-order chi connectivity index (χ1) is 12.5. The zero-order valence-corrected chi connectivity index (χ0v) is 15.4. The van der Waals surface area contributed by atoms with Crippen molar-refractivity contribution in [2.45, 2.75) is 12.1 Å². The molecule has 0 saturated carbocycles. The predicted octanol–water partition coefficient (Wildman–Crippen LogP) is 3.61. The molecule has 0 aromatic heterocycles. The summed E-state index contributed by atoms with van der Waals surface area (Å²) in [7, 11) is -1.74. The number of ether oxygens (including phenoxy) is 1. The quantitative estimate of drug-likeness (QED) is 0.722. The van der Waals surface area contributed by atoms with Crippen molar-refractivity contribution in [2.24, 2.45) is 0 Å². The minimum absolute atomic E-state index is 0.195. The lowest BCUT2D eigenvalue weighted by atomic mass is 10.0. The summed E-state index contributed by atoms with van der Waals surface area (Å²) in [5.74, 6) is 0.776. The Hall–Kier alpha value is -2.57. The van der Waals surface area contributed by atoms with E-state index in [2.05, 4.69) is 28.2 Å². The Morgan fingerprint density at radius 3 is 2.08 bits per heavy atom. The van der Waals surface area contributed by atoms with E-state index in [9.17, 15) is 8.42 Å². The third-order valence-electron chi connectivity index (χ3n) is 4.73. The Kier molecular flexibility index (Phi) is 4.09. The lowest BCUT2D eigenvalue weighted by Gasteiger charge is -2.24. The maximum absolute atomic E-state index is 12.0. The highest BCUT2D eigenvalue weighted by Gasteiger charge is 2.35. The maximum atomic E-state index is 12.0. The summed E-state index contributed by atoms with van der Waals surface area (Å²) in [6.45, 7) is 0. The molecule has 3 aromatic carbocycles. The van der Waals surface area contributed by atoms with Crippen LogP contribution in [0.2, 0.25) is 0 Å². The summed E-state index contributed by atoms with van der Waals surface area (Å²) in [4.78, 5) is 0. The minimum Gasteiger partial charge on any atom is -0.497 e. The largest absolute Gasteiger partial charge is 0.497 e. The van der Waals surface area contributed by atoms with Crippen LogP contribution in [0.15, 0.2) is 60.7 Å². The average molecular weight is 368 g/mol. The molecule has 1 aliphatic rings. The number of nitrogens with one attached hydrogen (secondary N) is 2. The topological polar surface area (TPSA) is 67.4 Å². The Labute approximate surface area is 153 Å². The highest BCUT2D eigenvalue weighted by Crippen LogP contribution is 2.45. The Morgan fingerprint density at radius 2 is 1.50 bits per heavy atom. The third kappa shape index (κ3) is 3.02. The van der Waals surface area contributed by atoms with Crippen molar-refractivity contribution in [2.75, 3.05) is 18.7 Å². The van der Waals surface area contributed by atoms with Crippen LogP contribution in [0.3, 0.4) is 0 Å². The zero-order valence-electron chi connectivity index (χ0n) is 14.6. The molecule has 0 saturated heterocycles. The van der Waals surface area contributed by atoms with Crippen LogP contribution >= 0.6 is 0 Å². The van der Waals surface area contributed by atoms with Crippen LogP contribution in [0, 0.1) is 0 Å². The van der Waals surface area contributed by atoms with Crippen molar-refractivity contribution in [1.82, 2.24) is 4.72 Å². The molecular weight excluding hydrogens is 348 g/mol. The van der Waals surface area contributed by atoms with Gasteiger partial charge in [-0.3, -0.25) is 0 Å². The fourth-order valence-corrected chi connectivity index (χ4v) is 4.39. The zero-order chi connectivity index (χ0) is 18.3. The SMILES string of the molecule is COc1ccc(N[C@@H]2c3cccc4cccc(c34)[C@H]2NS(C)(=O)=O)cc1. The van der Waals surface area contributed by atoms with Crippen molar-refractivity contribution in [3.8, 4) is 5.75 Å². The molecule has 0 aliphatic heterocycles. The molecule has 26 heavy (non-hydrogen) atoms. The summed E-state index contributed by atoms with van der Waals surface area (Å²) in [5, 5.41) is 5.71. The molecule has 5 nitrogen and oxygen atoms in total. The second-order valence-electron chi connectivity index (χ2n) is 6.51. The van der Waals surface area contributed by atoms with Crippen molar-refractivity contribution in [1.29, 1.82) is 0 Å². The number of hydrogen-bond donors (Lipinski definition) is 2. The molecule has 0 unspecified atom stereocenters. The molecule has 0 amide bonds. The first-order valence-corrected chi connectivity index (χ1v) is 10.2. The van der Waals surface area contributed by atoms with Crippen LogP contribution < -0.4 is 14.8 Å². The Morgan fingerprint density at radius 1 is 0.885 bits per heavy atom. The van der Waals surface area contributed by atoms with E-state index in [4.69, 9.17) is 4.74 Å². The van der Waals surface area contributed by atoms with Gasteiger partial charge in [0, 0.05) is 5.69 Å². The van der Waals surface area contributed by atoms with E-state index < -0.39 is 10.0 Å². The summed E-state index contributed by atoms with van der Waals surface area (Å²) >= 11 is 0. The maximum Gasteiger partial charge on any atom is 0.209 e. The van der Waals surface area contributed by atoms with Gasteiger partial charge >= 0.3 is 0 Å². The summed E-state index contributed by atoms with van der Waals surface area (Å²) in [6.07, 6.45) is 1.20. The molecule has 0 radical (unpaired) electrons. The van der Waals surface area contributed by atoms with Gasteiger partial charge in [-0.05, 0) is 46.2 Å². The van der Waals surface area contributed by atoms with Gasteiger partial charge in [-0.15, -0.1) is 0 Å². The van der Waals surface area contributed by atoms with Crippen LogP contribution in [0.1, 0.15) is 23.2 Å². The van der Waals surface area contributed by atoms with Crippen LogP contribution in [-0.2, 0) is 10.0 Å². The van der Waals surface area contributed by atoms with E-state index >= 15 is 0 Å². The molecule has 2 N–H and O–H groups in total. The number of anilines is 1. The molecule has 1 aliphatic carbocycles. The summed E-state index contributed by atoms with van der Waals surface area (Å²) in [5.41, 5.74) is 2.99. The fraction of sp³-hybridized carbons (Fsp3) is 0.200. The van der Waals surface area contributed by atoms with Gasteiger partial charge in [0.15, 0.2) is 0 Å². The second-order valence-corrected chi connectivity index (χ2v) is 8.29. The monoisotopic (exact) mass is 368 g/mol. The van der Waals surface area contributed by atoms with Crippen LogP contribution in [0.4, 0.5) is 5.69 Å². The van der Waals surface area contributed by atoms with Gasteiger partial charge in [0.05, 0.1) is 25.4 Å². The highest BCUT2D eigenvalue weighted by molar-refractivity contribution is 7.88. The number of rotatable bonds is 5. The van der Waals surface area contributed by atoms with Gasteiger partial charge in [0.1, 0.15) is 5.75 Å². The van der Waals surface area contributed by atoms with Crippen LogP contribution in [0.5, 0.6) is 5.75 Å². The minimum atomic E-state index is -3.37. The van der Waals surface area contributed by atoms with E-state index in [1.54, 1.807) is 7.11 Å². The van der Waals surface area contributed by atoms with Gasteiger partial charge in [0.2, 0.25) is 10.0 Å². The van der Waals surface area contributed by atoms with Crippen molar-refractivity contribution in [3.63, 3.8) is 0 Å². The van der Waals surface area contributed by atoms with Gasteiger partial charge in [-0.2, -0.15) is 0 Å².